The number of hydrogen-bond acceptors (Lipinski definition) is 5. The molecular formula is C27H17F4N3O4S. The first-order valence-electron chi connectivity index (χ1n) is 11.2. The highest BCUT2D eigenvalue weighted by Crippen LogP contribution is 2.37. The van der Waals surface area contributed by atoms with Gasteiger partial charge in [0.2, 0.25) is 5.91 Å². The van der Waals surface area contributed by atoms with Crippen molar-refractivity contribution in [2.75, 3.05) is 10.6 Å². The Morgan fingerprint density at radius 1 is 0.795 bits per heavy atom. The van der Waals surface area contributed by atoms with Crippen LogP contribution in [0.4, 0.5) is 34.6 Å². The fourth-order valence-electron chi connectivity index (χ4n) is 3.46. The molecule has 0 aliphatic carbocycles. The van der Waals surface area contributed by atoms with Crippen LogP contribution in [-0.2, 0) is 4.79 Å². The summed E-state index contributed by atoms with van der Waals surface area (Å²) in [5, 5.41) is 14.3. The van der Waals surface area contributed by atoms with Crippen LogP contribution < -0.4 is 10.6 Å². The molecule has 0 spiro atoms. The van der Waals surface area contributed by atoms with E-state index in [-0.39, 0.29) is 17.3 Å². The maximum atomic E-state index is 14.2. The molecular weight excluding hydrogens is 538 g/mol. The fourth-order valence-corrected chi connectivity index (χ4v) is 4.49. The van der Waals surface area contributed by atoms with Crippen molar-refractivity contribution in [1.29, 1.82) is 0 Å². The predicted molar refractivity (Wildman–Crippen MR) is 137 cm³/mol. The van der Waals surface area contributed by atoms with Gasteiger partial charge in [-0.15, -0.1) is 11.8 Å². The number of nitro benzene ring substituents is 1. The second-order valence-electron chi connectivity index (χ2n) is 8.02. The molecule has 0 heterocycles. The largest absolute Gasteiger partial charge is 0.322 e. The number of halogens is 4. The van der Waals surface area contributed by atoms with E-state index in [9.17, 15) is 37.3 Å². The molecule has 0 bridgehead atoms. The summed E-state index contributed by atoms with van der Waals surface area (Å²) in [5.74, 6) is -8.19. The molecule has 1 atom stereocenters. The van der Waals surface area contributed by atoms with Gasteiger partial charge in [0.25, 0.3) is 11.6 Å². The Kier molecular flexibility index (Phi) is 8.25. The predicted octanol–water partition coefficient (Wildman–Crippen LogP) is 6.88. The Balaban J connectivity index is 1.52. The summed E-state index contributed by atoms with van der Waals surface area (Å²) in [7, 11) is 0. The van der Waals surface area contributed by atoms with Gasteiger partial charge in [-0.05, 0) is 42.0 Å². The second kappa shape index (κ2) is 11.8. The summed E-state index contributed by atoms with van der Waals surface area (Å²) in [6, 6.07) is 19.6. The van der Waals surface area contributed by atoms with E-state index in [1.54, 1.807) is 54.6 Å². The van der Waals surface area contributed by atoms with Crippen LogP contribution >= 0.6 is 11.8 Å². The lowest BCUT2D eigenvalue weighted by Gasteiger charge is -2.18. The van der Waals surface area contributed by atoms with E-state index < -0.39 is 50.9 Å². The van der Waals surface area contributed by atoms with Gasteiger partial charge in [0.1, 0.15) is 10.9 Å². The Bertz CT molecular complexity index is 1510. The Morgan fingerprint density at radius 3 is 1.95 bits per heavy atom. The minimum absolute atomic E-state index is 0.0473. The highest BCUT2D eigenvalue weighted by Gasteiger charge is 2.27. The quantitative estimate of drug-likeness (QED) is 0.0812. The number of benzene rings is 4. The maximum absolute atomic E-state index is 14.2. The lowest BCUT2D eigenvalue weighted by Crippen LogP contribution is -2.21. The number of carbonyl (C=O) groups excluding carboxylic acids is 2. The molecule has 0 aliphatic rings. The van der Waals surface area contributed by atoms with Gasteiger partial charge < -0.3 is 10.6 Å². The molecule has 2 N–H and O–H groups in total. The van der Waals surface area contributed by atoms with Crippen molar-refractivity contribution in [1.82, 2.24) is 0 Å². The van der Waals surface area contributed by atoms with Crippen molar-refractivity contribution in [3.8, 4) is 0 Å². The minimum Gasteiger partial charge on any atom is -0.322 e. The van der Waals surface area contributed by atoms with Crippen LogP contribution in [0.15, 0.2) is 89.8 Å². The first-order chi connectivity index (χ1) is 18.6. The number of amides is 2. The van der Waals surface area contributed by atoms with Crippen molar-refractivity contribution in [2.45, 2.75) is 10.1 Å². The van der Waals surface area contributed by atoms with E-state index in [0.29, 0.717) is 16.1 Å². The van der Waals surface area contributed by atoms with Gasteiger partial charge in [0.05, 0.1) is 4.92 Å². The van der Waals surface area contributed by atoms with Crippen molar-refractivity contribution >= 4 is 40.6 Å². The molecule has 12 heteroatoms. The Hall–Kier alpha value is -4.71. The number of nitrogens with zero attached hydrogens (tertiary/aromatic N) is 1. The van der Waals surface area contributed by atoms with Crippen LogP contribution in [-0.4, -0.2) is 16.7 Å². The number of nitro groups is 1. The number of non-ortho nitro benzene ring substituents is 1. The number of hydrogen-bond donors (Lipinski definition) is 2. The van der Waals surface area contributed by atoms with Gasteiger partial charge >= 0.3 is 0 Å². The Labute approximate surface area is 223 Å². The molecule has 0 saturated heterocycles. The Morgan fingerprint density at radius 2 is 1.38 bits per heavy atom. The van der Waals surface area contributed by atoms with E-state index in [1.165, 1.54) is 24.3 Å². The van der Waals surface area contributed by atoms with E-state index >= 15 is 0 Å². The molecule has 7 nitrogen and oxygen atoms in total. The topological polar surface area (TPSA) is 101 Å². The highest BCUT2D eigenvalue weighted by molar-refractivity contribution is 8.00. The lowest BCUT2D eigenvalue weighted by molar-refractivity contribution is -0.384. The van der Waals surface area contributed by atoms with Gasteiger partial charge in [0.15, 0.2) is 23.3 Å². The first-order valence-corrected chi connectivity index (χ1v) is 12.0. The molecule has 4 aromatic carbocycles. The smallest absolute Gasteiger partial charge is 0.269 e. The van der Waals surface area contributed by atoms with E-state index in [1.807, 2.05) is 5.32 Å². The van der Waals surface area contributed by atoms with E-state index in [2.05, 4.69) is 5.32 Å². The second-order valence-corrected chi connectivity index (χ2v) is 9.20. The summed E-state index contributed by atoms with van der Waals surface area (Å²) in [5.41, 5.74) is -0.342. The molecule has 0 saturated carbocycles. The van der Waals surface area contributed by atoms with Crippen molar-refractivity contribution in [3.05, 3.63) is 129 Å². The van der Waals surface area contributed by atoms with Gasteiger partial charge in [-0.1, -0.05) is 30.3 Å². The molecule has 0 fully saturated rings. The third-order valence-corrected chi connectivity index (χ3v) is 6.67. The van der Waals surface area contributed by atoms with Gasteiger partial charge in [-0.3, -0.25) is 19.7 Å². The van der Waals surface area contributed by atoms with Gasteiger partial charge in [0, 0.05) is 34.3 Å². The molecule has 1 unspecified atom stereocenters. The maximum Gasteiger partial charge on any atom is 0.269 e. The third kappa shape index (κ3) is 6.41. The van der Waals surface area contributed by atoms with Crippen molar-refractivity contribution < 1.29 is 32.1 Å². The van der Waals surface area contributed by atoms with E-state index in [0.717, 1.165) is 11.8 Å². The van der Waals surface area contributed by atoms with Gasteiger partial charge in [-0.25, -0.2) is 17.6 Å². The molecule has 0 aromatic heterocycles. The molecule has 39 heavy (non-hydrogen) atoms. The summed E-state index contributed by atoms with van der Waals surface area (Å²) in [6.45, 7) is 0. The average Bonchev–Trinajstić information content (AvgIpc) is 2.94. The van der Waals surface area contributed by atoms with Crippen LogP contribution in [0.3, 0.4) is 0 Å². The number of anilines is 2. The zero-order valence-corrected chi connectivity index (χ0v) is 20.5. The van der Waals surface area contributed by atoms with Crippen molar-refractivity contribution in [2.24, 2.45) is 0 Å². The molecule has 0 radical (unpaired) electrons. The molecule has 0 aliphatic heterocycles. The van der Waals surface area contributed by atoms with Crippen LogP contribution in [0.2, 0.25) is 0 Å². The summed E-state index contributed by atoms with van der Waals surface area (Å²) < 4.78 is 55.6. The zero-order chi connectivity index (χ0) is 28.1. The van der Waals surface area contributed by atoms with Crippen LogP contribution in [0.25, 0.3) is 0 Å². The number of rotatable bonds is 8. The lowest BCUT2D eigenvalue weighted by atomic mass is 10.1. The highest BCUT2D eigenvalue weighted by atomic mass is 32.2. The monoisotopic (exact) mass is 555 g/mol. The fraction of sp³-hybridized carbons (Fsp3) is 0.0370. The molecule has 2 amide bonds. The summed E-state index contributed by atoms with van der Waals surface area (Å²) in [4.78, 5) is 36.3. The van der Waals surface area contributed by atoms with E-state index in [4.69, 9.17) is 0 Å². The molecule has 4 rings (SSSR count). The molecule has 4 aromatic rings. The first kappa shape index (κ1) is 27.3. The van der Waals surface area contributed by atoms with Crippen LogP contribution in [0.5, 0.6) is 0 Å². The minimum atomic E-state index is -1.73. The standard InChI is InChI=1S/C27H17F4N3O4S/c28-20-14-21(29)23(31)24(22(20)30)33-27(36)25(15-4-2-1-3-5-15)39-19-12-8-17(9-13-19)32-26(35)16-6-10-18(11-7-16)34(37)38/h1-14,25H,(H,32,35)(H,33,36). The van der Waals surface area contributed by atoms with Crippen LogP contribution in [0.1, 0.15) is 21.2 Å². The SMILES string of the molecule is O=C(Nc1ccc(SC(C(=O)Nc2c(F)c(F)cc(F)c2F)c2ccccc2)cc1)c1ccc([N+](=O)[O-])cc1. The summed E-state index contributed by atoms with van der Waals surface area (Å²) in [6.07, 6.45) is 0. The summed E-state index contributed by atoms with van der Waals surface area (Å²) >= 11 is 0.997. The third-order valence-electron chi connectivity index (χ3n) is 5.41. The average molecular weight is 556 g/mol. The number of carbonyl (C=O) groups is 2. The van der Waals surface area contributed by atoms with Crippen LogP contribution in [0, 0.1) is 33.4 Å². The zero-order valence-electron chi connectivity index (χ0n) is 19.7. The van der Waals surface area contributed by atoms with Crippen molar-refractivity contribution in [3.63, 3.8) is 0 Å². The number of nitrogens with one attached hydrogen (secondary N) is 2. The number of thioether (sulfide) groups is 1. The van der Waals surface area contributed by atoms with Gasteiger partial charge in [-0.2, -0.15) is 0 Å². The normalized spacial score (nSPS) is 11.5. The molecule has 198 valence electrons.